The van der Waals surface area contributed by atoms with Crippen molar-refractivity contribution < 1.29 is 9.53 Å². The summed E-state index contributed by atoms with van der Waals surface area (Å²) in [7, 11) is 0. The summed E-state index contributed by atoms with van der Waals surface area (Å²) in [6.45, 7) is 1.10. The second kappa shape index (κ2) is 6.85. The van der Waals surface area contributed by atoms with Gasteiger partial charge in [-0.2, -0.15) is 0 Å². The van der Waals surface area contributed by atoms with Crippen LogP contribution in [0.2, 0.25) is 0 Å². The molecular formula is C13H17BrN2O2. The maximum absolute atomic E-state index is 11.8. The molecule has 1 N–H and O–H groups in total. The Kier molecular flexibility index (Phi) is 5.13. The molecule has 2 rings (SSSR count). The molecule has 4 nitrogen and oxygen atoms in total. The number of aromatic nitrogens is 1. The number of pyridine rings is 1. The standard InChI is InChI=1S/C13H17BrN2O2/c14-11-6-3-7-15-12(11)13(17)16-8-9-18-10-4-1-2-5-10/h3,6-7,10H,1-2,4-5,8-9H2,(H,16,17). The molecule has 1 fully saturated rings. The van der Waals surface area contributed by atoms with Gasteiger partial charge in [0.05, 0.1) is 12.7 Å². The predicted molar refractivity (Wildman–Crippen MR) is 72.5 cm³/mol. The van der Waals surface area contributed by atoms with Crippen LogP contribution >= 0.6 is 15.9 Å². The van der Waals surface area contributed by atoms with E-state index >= 15 is 0 Å². The fourth-order valence-electron chi connectivity index (χ4n) is 2.08. The van der Waals surface area contributed by atoms with Crippen molar-refractivity contribution in [2.24, 2.45) is 0 Å². The van der Waals surface area contributed by atoms with Crippen LogP contribution in [0.1, 0.15) is 36.2 Å². The molecule has 1 aromatic rings. The van der Waals surface area contributed by atoms with Gasteiger partial charge in [0, 0.05) is 17.2 Å². The van der Waals surface area contributed by atoms with Gasteiger partial charge in [0.2, 0.25) is 0 Å². The van der Waals surface area contributed by atoms with Crippen LogP contribution in [0.3, 0.4) is 0 Å². The largest absolute Gasteiger partial charge is 0.376 e. The number of halogens is 1. The zero-order valence-corrected chi connectivity index (χ0v) is 11.8. The van der Waals surface area contributed by atoms with Gasteiger partial charge in [-0.1, -0.05) is 12.8 Å². The quantitative estimate of drug-likeness (QED) is 0.850. The third kappa shape index (κ3) is 3.78. The number of carbonyl (C=O) groups excluding carboxylic acids is 1. The number of rotatable bonds is 5. The molecule has 0 saturated heterocycles. The molecule has 1 aliphatic rings. The summed E-state index contributed by atoms with van der Waals surface area (Å²) in [5.41, 5.74) is 0.415. The van der Waals surface area contributed by atoms with Crippen molar-refractivity contribution in [2.75, 3.05) is 13.2 Å². The first kappa shape index (κ1) is 13.5. The summed E-state index contributed by atoms with van der Waals surface area (Å²) in [6.07, 6.45) is 6.83. The van der Waals surface area contributed by atoms with Crippen LogP contribution in [0.5, 0.6) is 0 Å². The van der Waals surface area contributed by atoms with E-state index in [1.54, 1.807) is 18.3 Å². The van der Waals surface area contributed by atoms with Crippen LogP contribution in [-0.2, 0) is 4.74 Å². The first-order chi connectivity index (χ1) is 8.77. The molecular weight excluding hydrogens is 296 g/mol. The minimum Gasteiger partial charge on any atom is -0.376 e. The summed E-state index contributed by atoms with van der Waals surface area (Å²) < 4.78 is 6.38. The Balaban J connectivity index is 1.70. The van der Waals surface area contributed by atoms with Gasteiger partial charge in [-0.15, -0.1) is 0 Å². The van der Waals surface area contributed by atoms with E-state index < -0.39 is 0 Å². The fraction of sp³-hybridized carbons (Fsp3) is 0.538. The topological polar surface area (TPSA) is 51.2 Å². The summed E-state index contributed by atoms with van der Waals surface area (Å²) in [5, 5.41) is 2.81. The van der Waals surface area contributed by atoms with E-state index in [2.05, 4.69) is 26.2 Å². The van der Waals surface area contributed by atoms with Crippen molar-refractivity contribution in [3.8, 4) is 0 Å². The molecule has 0 aromatic carbocycles. The van der Waals surface area contributed by atoms with E-state index in [0.29, 0.717) is 29.4 Å². The van der Waals surface area contributed by atoms with Gasteiger partial charge in [-0.25, -0.2) is 4.98 Å². The molecule has 0 bridgehead atoms. The number of amides is 1. The highest BCUT2D eigenvalue weighted by molar-refractivity contribution is 9.10. The molecule has 1 amide bonds. The molecule has 0 atom stereocenters. The van der Waals surface area contributed by atoms with Crippen LogP contribution in [0.25, 0.3) is 0 Å². The first-order valence-electron chi connectivity index (χ1n) is 6.27. The highest BCUT2D eigenvalue weighted by Gasteiger charge is 2.15. The Morgan fingerprint density at radius 1 is 1.50 bits per heavy atom. The van der Waals surface area contributed by atoms with Crippen molar-refractivity contribution in [3.05, 3.63) is 28.5 Å². The van der Waals surface area contributed by atoms with E-state index in [-0.39, 0.29) is 5.91 Å². The lowest BCUT2D eigenvalue weighted by Crippen LogP contribution is -2.29. The normalized spacial score (nSPS) is 15.8. The van der Waals surface area contributed by atoms with Crippen LogP contribution in [0.15, 0.2) is 22.8 Å². The summed E-state index contributed by atoms with van der Waals surface area (Å²) in [5.74, 6) is -0.169. The molecule has 1 heterocycles. The third-order valence-electron chi connectivity index (χ3n) is 3.02. The number of nitrogens with zero attached hydrogens (tertiary/aromatic N) is 1. The number of nitrogens with one attached hydrogen (secondary N) is 1. The maximum Gasteiger partial charge on any atom is 0.271 e. The summed E-state index contributed by atoms with van der Waals surface area (Å²) >= 11 is 3.31. The SMILES string of the molecule is O=C(NCCOC1CCCC1)c1ncccc1Br. The van der Waals surface area contributed by atoms with E-state index in [1.807, 2.05) is 0 Å². The van der Waals surface area contributed by atoms with E-state index in [4.69, 9.17) is 4.74 Å². The molecule has 0 spiro atoms. The Morgan fingerprint density at radius 2 is 2.28 bits per heavy atom. The zero-order chi connectivity index (χ0) is 12.8. The van der Waals surface area contributed by atoms with Gasteiger partial charge in [-0.3, -0.25) is 4.79 Å². The van der Waals surface area contributed by atoms with Gasteiger partial charge in [-0.05, 0) is 40.9 Å². The number of carbonyl (C=O) groups is 1. The average molecular weight is 313 g/mol. The number of hydrogen-bond donors (Lipinski definition) is 1. The van der Waals surface area contributed by atoms with Crippen LogP contribution in [0, 0.1) is 0 Å². The Bertz CT molecular complexity index is 406. The van der Waals surface area contributed by atoms with Crippen LogP contribution in [0.4, 0.5) is 0 Å². The van der Waals surface area contributed by atoms with Crippen molar-refractivity contribution in [1.82, 2.24) is 10.3 Å². The smallest absolute Gasteiger partial charge is 0.271 e. The van der Waals surface area contributed by atoms with Gasteiger partial charge in [0.25, 0.3) is 5.91 Å². The molecule has 5 heteroatoms. The molecule has 1 aromatic heterocycles. The lowest BCUT2D eigenvalue weighted by atomic mass is 10.3. The van der Waals surface area contributed by atoms with Crippen LogP contribution in [-0.4, -0.2) is 30.1 Å². The fourth-order valence-corrected chi connectivity index (χ4v) is 2.52. The minimum absolute atomic E-state index is 0.169. The van der Waals surface area contributed by atoms with E-state index in [0.717, 1.165) is 12.8 Å². The molecule has 98 valence electrons. The molecule has 18 heavy (non-hydrogen) atoms. The minimum atomic E-state index is -0.169. The maximum atomic E-state index is 11.8. The summed E-state index contributed by atoms with van der Waals surface area (Å²) in [4.78, 5) is 15.8. The molecule has 0 aliphatic heterocycles. The van der Waals surface area contributed by atoms with Crippen molar-refractivity contribution in [1.29, 1.82) is 0 Å². The number of ether oxygens (including phenoxy) is 1. The second-order valence-electron chi connectivity index (χ2n) is 4.37. The number of hydrogen-bond acceptors (Lipinski definition) is 3. The average Bonchev–Trinajstić information content (AvgIpc) is 2.88. The highest BCUT2D eigenvalue weighted by atomic mass is 79.9. The third-order valence-corrected chi connectivity index (χ3v) is 3.66. The van der Waals surface area contributed by atoms with Gasteiger partial charge >= 0.3 is 0 Å². The van der Waals surface area contributed by atoms with E-state index in [1.165, 1.54) is 12.8 Å². The molecule has 0 radical (unpaired) electrons. The Morgan fingerprint density at radius 3 is 3.00 bits per heavy atom. The Hall–Kier alpha value is -0.940. The van der Waals surface area contributed by atoms with Crippen LogP contribution < -0.4 is 5.32 Å². The molecule has 0 unspecified atom stereocenters. The summed E-state index contributed by atoms with van der Waals surface area (Å²) in [6, 6.07) is 3.58. The van der Waals surface area contributed by atoms with Crippen molar-refractivity contribution in [3.63, 3.8) is 0 Å². The molecule has 1 aliphatic carbocycles. The van der Waals surface area contributed by atoms with Gasteiger partial charge in [0.1, 0.15) is 5.69 Å². The Labute approximate surface area is 115 Å². The van der Waals surface area contributed by atoms with E-state index in [9.17, 15) is 4.79 Å². The van der Waals surface area contributed by atoms with Gasteiger partial charge in [0.15, 0.2) is 0 Å². The zero-order valence-electron chi connectivity index (χ0n) is 10.2. The monoisotopic (exact) mass is 312 g/mol. The highest BCUT2D eigenvalue weighted by Crippen LogP contribution is 2.20. The van der Waals surface area contributed by atoms with Crippen molar-refractivity contribution >= 4 is 21.8 Å². The second-order valence-corrected chi connectivity index (χ2v) is 5.22. The van der Waals surface area contributed by atoms with Crippen molar-refractivity contribution in [2.45, 2.75) is 31.8 Å². The first-order valence-corrected chi connectivity index (χ1v) is 7.07. The van der Waals surface area contributed by atoms with Gasteiger partial charge < -0.3 is 10.1 Å². The lowest BCUT2D eigenvalue weighted by molar-refractivity contribution is 0.0581. The lowest BCUT2D eigenvalue weighted by Gasteiger charge is -2.11. The predicted octanol–water partition coefficient (Wildman–Crippen LogP) is 2.53. The molecule has 1 saturated carbocycles.